The number of thiazole rings is 1. The van der Waals surface area contributed by atoms with Crippen molar-refractivity contribution in [2.75, 3.05) is 25.5 Å². The van der Waals surface area contributed by atoms with Crippen LogP contribution in [0.5, 0.6) is 0 Å². The number of nitrogens with zero attached hydrogens (tertiary/aromatic N) is 6. The predicted molar refractivity (Wildman–Crippen MR) is 218 cm³/mol. The van der Waals surface area contributed by atoms with Gasteiger partial charge >= 0.3 is 12.1 Å². The Morgan fingerprint density at radius 3 is 2.42 bits per heavy atom. The van der Waals surface area contributed by atoms with Crippen molar-refractivity contribution in [3.8, 4) is 11.3 Å². The summed E-state index contributed by atoms with van der Waals surface area (Å²) in [5, 5.41) is 24.6. The zero-order valence-electron chi connectivity index (χ0n) is 33.3. The first kappa shape index (κ1) is 50.4. The molecule has 2 aromatic carbocycles. The van der Waals surface area contributed by atoms with Crippen molar-refractivity contribution >= 4 is 59.9 Å². The largest absolute Gasteiger partial charge is 1.00 e. The van der Waals surface area contributed by atoms with E-state index in [4.69, 9.17) is 14.5 Å². The highest BCUT2D eigenvalue weighted by molar-refractivity contribution is 7.10. The number of rotatable bonds is 14. The first-order valence-corrected chi connectivity index (χ1v) is 18.5. The highest BCUT2D eigenvalue weighted by Gasteiger charge is 2.43. The summed E-state index contributed by atoms with van der Waals surface area (Å²) in [6, 6.07) is 13.1. The van der Waals surface area contributed by atoms with Crippen LogP contribution in [0.15, 0.2) is 78.8 Å². The smallest absolute Gasteiger partial charge is 0.418 e. The first-order chi connectivity index (χ1) is 26.5. The van der Waals surface area contributed by atoms with Gasteiger partial charge in [0.2, 0.25) is 12.6 Å². The average Bonchev–Trinajstić information content (AvgIpc) is 3.84. The minimum absolute atomic E-state index is 0. The molecule has 1 unspecified atom stereocenters. The third-order valence-electron chi connectivity index (χ3n) is 8.80. The number of amides is 2. The Kier molecular flexibility index (Phi) is 18.3. The number of hydrogen-bond acceptors (Lipinski definition) is 11. The number of halogens is 5. The second-order valence-corrected chi connectivity index (χ2v) is 15.1. The van der Waals surface area contributed by atoms with E-state index in [2.05, 4.69) is 20.7 Å². The molecule has 0 aliphatic heterocycles. The number of ether oxygens (including phenoxy) is 2. The molecule has 0 radical (unpaired) electrons. The van der Waals surface area contributed by atoms with Crippen molar-refractivity contribution in [1.82, 2.24) is 30.4 Å². The van der Waals surface area contributed by atoms with Crippen LogP contribution in [0.2, 0.25) is 0 Å². The molecule has 5 rings (SSSR count). The maximum absolute atomic E-state index is 15.5. The van der Waals surface area contributed by atoms with Crippen LogP contribution in [0.25, 0.3) is 11.3 Å². The number of benzene rings is 2. The third-order valence-corrected chi connectivity index (χ3v) is 9.83. The number of pyridine rings is 1. The van der Waals surface area contributed by atoms with Gasteiger partial charge in [0, 0.05) is 64.4 Å². The van der Waals surface area contributed by atoms with E-state index in [0.717, 1.165) is 23.8 Å². The maximum atomic E-state index is 15.5. The van der Waals surface area contributed by atoms with Gasteiger partial charge in [-0.25, -0.2) is 23.5 Å². The second-order valence-electron chi connectivity index (χ2n) is 14.2. The minimum Gasteiger partial charge on any atom is -1.00 e. The van der Waals surface area contributed by atoms with E-state index in [-0.39, 0.29) is 74.2 Å². The standard InChI is InChI=1S/C39H44F2N8O6S.3ClH/c1-24(36-45-32(20-56-36)26-10-12-27(13-11-26)35(51)46-38(3,4)5)39(53,30-17-29(40)14-15-31(30)41)21-49-23-48(22-44-49)25(2)55-37(52)47(7)34-28(9-8-16-43-34)19-54-33(50)18-42-6;;;/h8-17,20,22-25,42,53H,18-19,21H2,1-7H3;3*1H/t24-,25?,39+;;;/m0.../s1. The van der Waals surface area contributed by atoms with Crippen molar-refractivity contribution in [2.45, 2.75) is 71.1 Å². The second kappa shape index (κ2) is 21.5. The van der Waals surface area contributed by atoms with Crippen molar-refractivity contribution in [1.29, 1.82) is 0 Å². The van der Waals surface area contributed by atoms with Gasteiger partial charge in [-0.3, -0.25) is 14.5 Å². The molecule has 0 saturated heterocycles. The summed E-state index contributed by atoms with van der Waals surface area (Å²) in [7, 11) is 3.08. The molecule has 0 fully saturated rings. The van der Waals surface area contributed by atoms with Gasteiger partial charge in [-0.15, -0.1) is 40.8 Å². The molecule has 3 atom stereocenters. The van der Waals surface area contributed by atoms with Crippen LogP contribution in [0.4, 0.5) is 19.4 Å². The molecule has 0 aliphatic carbocycles. The predicted octanol–water partition coefficient (Wildman–Crippen LogP) is 3.09. The number of aromatic nitrogens is 5. The van der Waals surface area contributed by atoms with E-state index in [1.165, 1.54) is 51.4 Å². The zero-order chi connectivity index (χ0) is 40.8. The number of esters is 1. The quantitative estimate of drug-likeness (QED) is 0.112. The lowest BCUT2D eigenvalue weighted by Gasteiger charge is -2.32. The van der Waals surface area contributed by atoms with Crippen molar-refractivity contribution in [2.24, 2.45) is 0 Å². The van der Waals surface area contributed by atoms with E-state index in [9.17, 15) is 23.9 Å². The fourth-order valence-electron chi connectivity index (χ4n) is 5.74. The molecule has 2 amide bonds. The molecule has 0 aliphatic rings. The minimum atomic E-state index is -2.06. The Hall–Kier alpha value is -4.78. The lowest BCUT2D eigenvalue weighted by Crippen LogP contribution is -3.00. The molecule has 14 nitrogen and oxygen atoms in total. The lowest BCUT2D eigenvalue weighted by atomic mass is 9.82. The van der Waals surface area contributed by atoms with E-state index >= 15 is 4.39 Å². The zero-order valence-corrected chi connectivity index (χ0v) is 36.5. The highest BCUT2D eigenvalue weighted by Crippen LogP contribution is 2.41. The molecule has 0 saturated carbocycles. The number of anilines is 1. The molecule has 0 bridgehead atoms. The molecule has 320 valence electrons. The van der Waals surface area contributed by atoms with Crippen LogP contribution >= 0.6 is 36.2 Å². The van der Waals surface area contributed by atoms with Gasteiger partial charge in [0.1, 0.15) is 36.2 Å². The fourth-order valence-corrected chi connectivity index (χ4v) is 6.71. The summed E-state index contributed by atoms with van der Waals surface area (Å²) in [5.74, 6) is -2.89. The van der Waals surface area contributed by atoms with Crippen LogP contribution in [-0.4, -0.2) is 69.0 Å². The summed E-state index contributed by atoms with van der Waals surface area (Å²) in [6.07, 6.45) is 2.64. The van der Waals surface area contributed by atoms with Gasteiger partial charge < -0.3 is 37.6 Å². The summed E-state index contributed by atoms with van der Waals surface area (Å²) in [6.45, 7) is 8.52. The van der Waals surface area contributed by atoms with Gasteiger partial charge in [0.05, 0.1) is 17.2 Å². The number of carbonyl (C=O) groups excluding carboxylic acids is 3. The van der Waals surface area contributed by atoms with E-state index in [0.29, 0.717) is 21.8 Å². The Labute approximate surface area is 363 Å². The van der Waals surface area contributed by atoms with Crippen molar-refractivity contribution < 1.29 is 54.7 Å². The molecule has 0 spiro atoms. The van der Waals surface area contributed by atoms with Gasteiger partial charge in [-0.1, -0.05) is 25.1 Å². The maximum Gasteiger partial charge on any atom is 0.418 e. The normalized spacial score (nSPS) is 13.0. The lowest BCUT2D eigenvalue weighted by molar-refractivity contribution is -0.753. The first-order valence-electron chi connectivity index (χ1n) is 17.7. The Morgan fingerprint density at radius 2 is 1.76 bits per heavy atom. The van der Waals surface area contributed by atoms with Crippen LogP contribution in [0, 0.1) is 11.6 Å². The fraction of sp³-hybridized carbons (Fsp3) is 0.359. The molecule has 3 aromatic heterocycles. The van der Waals surface area contributed by atoms with Crippen LogP contribution in [0.1, 0.15) is 73.3 Å². The highest BCUT2D eigenvalue weighted by atomic mass is 35.5. The molecule has 3 N–H and O–H groups in total. The Morgan fingerprint density at radius 1 is 1.07 bits per heavy atom. The van der Waals surface area contributed by atoms with Gasteiger partial charge in [-0.05, 0) is 64.2 Å². The molecular weight excluding hydrogens is 853 g/mol. The number of likely N-dealkylation sites (N-methyl/N-ethyl adjacent to an activating group) is 1. The van der Waals surface area contributed by atoms with Crippen molar-refractivity contribution in [3.05, 3.63) is 112 Å². The average molecular weight is 900 g/mol. The SMILES string of the molecule is CNCC(=O)OCc1cccnc1N(C)C(=O)OC(C)[n+]1cnn(C[C@](O)(c2cc(F)ccc2F)[C@@H](C)c2nc(-c3ccc(C(=O)NC(C)(C)C)cc3)cs2)c1.Cl.Cl.[Cl-]. The van der Waals surface area contributed by atoms with E-state index < -0.39 is 47.0 Å². The molecule has 59 heavy (non-hydrogen) atoms. The van der Waals surface area contributed by atoms with Crippen LogP contribution in [0.3, 0.4) is 0 Å². The number of aliphatic hydroxyl groups is 1. The summed E-state index contributed by atoms with van der Waals surface area (Å²) in [4.78, 5) is 47.9. The Balaban J connectivity index is 0.00000400. The molecule has 3 heterocycles. The topological polar surface area (TPSA) is 165 Å². The molecule has 20 heteroatoms. The van der Waals surface area contributed by atoms with Crippen molar-refractivity contribution in [3.63, 3.8) is 0 Å². The number of nitrogens with one attached hydrogen (secondary N) is 2. The van der Waals surface area contributed by atoms with Crippen LogP contribution in [-0.2, 0) is 33.0 Å². The summed E-state index contributed by atoms with van der Waals surface area (Å²) in [5.41, 5.74) is -0.487. The van der Waals surface area contributed by atoms with Gasteiger partial charge in [-0.2, -0.15) is 4.57 Å². The number of hydrogen-bond donors (Lipinski definition) is 3. The van der Waals surface area contributed by atoms with Gasteiger partial charge in [0.25, 0.3) is 12.2 Å². The van der Waals surface area contributed by atoms with Gasteiger partial charge in [0.15, 0.2) is 0 Å². The number of carbonyl (C=O) groups is 3. The van der Waals surface area contributed by atoms with E-state index in [1.807, 2.05) is 20.8 Å². The third kappa shape index (κ3) is 12.6. The molecular formula is C39H47Cl3F2N8O6S. The monoisotopic (exact) mass is 898 g/mol. The summed E-state index contributed by atoms with van der Waals surface area (Å²) >= 11 is 1.24. The van der Waals surface area contributed by atoms with E-state index in [1.54, 1.807) is 62.7 Å². The molecule has 5 aromatic rings. The van der Waals surface area contributed by atoms with Crippen LogP contribution < -0.4 is 32.5 Å². The Bertz CT molecular complexity index is 2190. The summed E-state index contributed by atoms with van der Waals surface area (Å²) < 4.78 is 43.8.